The molecule has 1 aliphatic rings. The van der Waals surface area contributed by atoms with Crippen LogP contribution in [0.25, 0.3) is 0 Å². The SMILES string of the molecule is CSCC[C@@H](NC(=O)c1ccccc1)C(=O)OCC(=O)NC1(C#N)CCCC1. The van der Waals surface area contributed by atoms with Crippen molar-refractivity contribution in [1.82, 2.24) is 10.6 Å². The first-order chi connectivity index (χ1) is 13.5. The van der Waals surface area contributed by atoms with Gasteiger partial charge in [0.15, 0.2) is 6.61 Å². The molecule has 2 amide bonds. The second kappa shape index (κ2) is 10.7. The van der Waals surface area contributed by atoms with Crippen molar-refractivity contribution in [3.8, 4) is 6.07 Å². The minimum absolute atomic E-state index is 0.373. The molecule has 1 aromatic carbocycles. The average molecular weight is 404 g/mol. The first-order valence-electron chi connectivity index (χ1n) is 9.23. The van der Waals surface area contributed by atoms with Gasteiger partial charge in [-0.25, -0.2) is 4.79 Å². The number of carbonyl (C=O) groups is 3. The first kappa shape index (κ1) is 21.8. The van der Waals surface area contributed by atoms with Gasteiger partial charge in [-0.2, -0.15) is 17.0 Å². The number of rotatable bonds is 9. The first-order valence-corrected chi connectivity index (χ1v) is 10.6. The molecule has 8 heteroatoms. The van der Waals surface area contributed by atoms with Crippen molar-refractivity contribution in [1.29, 1.82) is 5.26 Å². The smallest absolute Gasteiger partial charge is 0.329 e. The van der Waals surface area contributed by atoms with Crippen molar-refractivity contribution in [2.24, 2.45) is 0 Å². The molecule has 0 aromatic heterocycles. The number of nitrogens with one attached hydrogen (secondary N) is 2. The number of amides is 2. The summed E-state index contributed by atoms with van der Waals surface area (Å²) in [6.45, 7) is -0.473. The maximum atomic E-state index is 12.4. The Balaban J connectivity index is 1.90. The molecule has 2 N–H and O–H groups in total. The van der Waals surface area contributed by atoms with Gasteiger partial charge in [0.2, 0.25) is 0 Å². The molecule has 1 saturated carbocycles. The molecule has 0 unspecified atom stereocenters. The number of nitriles is 1. The summed E-state index contributed by atoms with van der Waals surface area (Å²) < 4.78 is 5.12. The fourth-order valence-electron chi connectivity index (χ4n) is 3.10. The van der Waals surface area contributed by atoms with Crippen LogP contribution >= 0.6 is 11.8 Å². The molecule has 1 fully saturated rings. The van der Waals surface area contributed by atoms with Crippen molar-refractivity contribution in [3.63, 3.8) is 0 Å². The number of hydrogen-bond acceptors (Lipinski definition) is 6. The Morgan fingerprint density at radius 2 is 1.93 bits per heavy atom. The molecular formula is C20H25N3O4S. The van der Waals surface area contributed by atoms with E-state index >= 15 is 0 Å². The van der Waals surface area contributed by atoms with E-state index in [1.807, 2.05) is 6.26 Å². The Bertz CT molecular complexity index is 727. The number of thioether (sulfide) groups is 1. The monoisotopic (exact) mass is 403 g/mol. The number of nitrogens with zero attached hydrogens (tertiary/aromatic N) is 1. The molecule has 28 heavy (non-hydrogen) atoms. The van der Waals surface area contributed by atoms with Gasteiger partial charge in [-0.3, -0.25) is 9.59 Å². The standard InChI is InChI=1S/C20H25N3O4S/c1-28-12-9-16(22-18(25)15-7-3-2-4-8-15)19(26)27-13-17(24)23-20(14-21)10-5-6-11-20/h2-4,7-8,16H,5-6,9-13H2,1H3,(H,22,25)(H,23,24)/t16-/m1/s1. The second-order valence-corrected chi connectivity index (χ2v) is 7.72. The zero-order valence-corrected chi connectivity index (χ0v) is 16.7. The van der Waals surface area contributed by atoms with Crippen LogP contribution < -0.4 is 10.6 Å². The number of hydrogen-bond donors (Lipinski definition) is 2. The molecule has 0 bridgehead atoms. The molecule has 1 aliphatic carbocycles. The van der Waals surface area contributed by atoms with Crippen LogP contribution in [0.3, 0.4) is 0 Å². The molecule has 7 nitrogen and oxygen atoms in total. The maximum absolute atomic E-state index is 12.4. The van der Waals surface area contributed by atoms with E-state index in [2.05, 4.69) is 16.7 Å². The lowest BCUT2D eigenvalue weighted by molar-refractivity contribution is -0.150. The van der Waals surface area contributed by atoms with Crippen LogP contribution in [0.15, 0.2) is 30.3 Å². The van der Waals surface area contributed by atoms with E-state index in [1.165, 1.54) is 0 Å². The lowest BCUT2D eigenvalue weighted by Gasteiger charge is -2.22. The predicted octanol–water partition coefficient (Wildman–Crippen LogP) is 2.03. The predicted molar refractivity (Wildman–Crippen MR) is 107 cm³/mol. The van der Waals surface area contributed by atoms with Crippen LogP contribution in [0.1, 0.15) is 42.5 Å². The van der Waals surface area contributed by atoms with Crippen LogP contribution in [0.2, 0.25) is 0 Å². The van der Waals surface area contributed by atoms with E-state index in [-0.39, 0.29) is 5.91 Å². The highest BCUT2D eigenvalue weighted by Crippen LogP contribution is 2.28. The third-order valence-corrected chi connectivity index (χ3v) is 5.28. The summed E-state index contributed by atoms with van der Waals surface area (Å²) in [6, 6.07) is 9.90. The molecule has 150 valence electrons. The molecule has 0 saturated heterocycles. The minimum Gasteiger partial charge on any atom is -0.454 e. The summed E-state index contributed by atoms with van der Waals surface area (Å²) in [5.74, 6) is -0.887. The summed E-state index contributed by atoms with van der Waals surface area (Å²) >= 11 is 1.54. The highest BCUT2D eigenvalue weighted by molar-refractivity contribution is 7.98. The summed E-state index contributed by atoms with van der Waals surface area (Å²) in [6.07, 6.45) is 5.27. The largest absolute Gasteiger partial charge is 0.454 e. The van der Waals surface area contributed by atoms with Gasteiger partial charge in [-0.15, -0.1) is 0 Å². The Morgan fingerprint density at radius 3 is 2.54 bits per heavy atom. The van der Waals surface area contributed by atoms with E-state index in [0.29, 0.717) is 30.6 Å². The lowest BCUT2D eigenvalue weighted by atomic mass is 10.00. The molecular weight excluding hydrogens is 378 g/mol. The van der Waals surface area contributed by atoms with Crippen molar-refractivity contribution in [2.45, 2.75) is 43.7 Å². The van der Waals surface area contributed by atoms with Gasteiger partial charge in [0, 0.05) is 5.56 Å². The van der Waals surface area contributed by atoms with Crippen molar-refractivity contribution in [3.05, 3.63) is 35.9 Å². The topological polar surface area (TPSA) is 108 Å². The van der Waals surface area contributed by atoms with Crippen LogP contribution in [-0.2, 0) is 14.3 Å². The van der Waals surface area contributed by atoms with Crippen LogP contribution in [0.4, 0.5) is 0 Å². The van der Waals surface area contributed by atoms with Crippen molar-refractivity contribution >= 4 is 29.5 Å². The zero-order valence-electron chi connectivity index (χ0n) is 15.9. The number of esters is 1. The molecule has 0 aliphatic heterocycles. The van der Waals surface area contributed by atoms with Gasteiger partial charge in [-0.05, 0) is 56.2 Å². The maximum Gasteiger partial charge on any atom is 0.329 e. The van der Waals surface area contributed by atoms with Crippen LogP contribution in [-0.4, -0.2) is 48.0 Å². The van der Waals surface area contributed by atoms with E-state index in [9.17, 15) is 19.6 Å². The van der Waals surface area contributed by atoms with E-state index in [4.69, 9.17) is 4.74 Å². The zero-order chi connectivity index (χ0) is 20.4. The summed E-state index contributed by atoms with van der Waals surface area (Å²) in [5.41, 5.74) is -0.414. The van der Waals surface area contributed by atoms with E-state index in [0.717, 1.165) is 12.8 Å². The number of benzene rings is 1. The van der Waals surface area contributed by atoms with Crippen LogP contribution in [0, 0.1) is 11.3 Å². The highest BCUT2D eigenvalue weighted by atomic mass is 32.2. The van der Waals surface area contributed by atoms with Gasteiger partial charge in [0.05, 0.1) is 6.07 Å². The Hall–Kier alpha value is -2.53. The van der Waals surface area contributed by atoms with Gasteiger partial charge in [0.1, 0.15) is 11.6 Å². The van der Waals surface area contributed by atoms with Gasteiger partial charge >= 0.3 is 5.97 Å². The molecule has 0 spiro atoms. The fourth-order valence-corrected chi connectivity index (χ4v) is 3.57. The normalized spacial score (nSPS) is 15.9. The minimum atomic E-state index is -0.858. The molecule has 2 rings (SSSR count). The van der Waals surface area contributed by atoms with Crippen molar-refractivity contribution < 1.29 is 19.1 Å². The van der Waals surface area contributed by atoms with Crippen LogP contribution in [0.5, 0.6) is 0 Å². The van der Waals surface area contributed by atoms with E-state index in [1.54, 1.807) is 42.1 Å². The third kappa shape index (κ3) is 6.27. The summed E-state index contributed by atoms with van der Waals surface area (Å²) in [7, 11) is 0. The molecule has 0 radical (unpaired) electrons. The molecule has 0 heterocycles. The van der Waals surface area contributed by atoms with Gasteiger partial charge in [-0.1, -0.05) is 18.2 Å². The third-order valence-electron chi connectivity index (χ3n) is 4.63. The quantitative estimate of drug-likeness (QED) is 0.611. The highest BCUT2D eigenvalue weighted by Gasteiger charge is 2.35. The molecule has 1 atom stereocenters. The fraction of sp³-hybridized carbons (Fsp3) is 0.500. The van der Waals surface area contributed by atoms with E-state index < -0.39 is 30.1 Å². The second-order valence-electron chi connectivity index (χ2n) is 6.73. The average Bonchev–Trinajstić information content (AvgIpc) is 3.18. The van der Waals surface area contributed by atoms with Crippen molar-refractivity contribution in [2.75, 3.05) is 18.6 Å². The number of carbonyl (C=O) groups excluding carboxylic acids is 3. The summed E-state index contributed by atoms with van der Waals surface area (Å²) in [5, 5.41) is 14.7. The Kier molecular flexibility index (Phi) is 8.33. The Morgan fingerprint density at radius 1 is 1.25 bits per heavy atom. The number of ether oxygens (including phenoxy) is 1. The summed E-state index contributed by atoms with van der Waals surface area (Å²) in [4.78, 5) is 36.9. The lowest BCUT2D eigenvalue weighted by Crippen LogP contribution is -2.48. The Labute approximate surface area is 169 Å². The van der Waals surface area contributed by atoms with Gasteiger partial charge < -0.3 is 15.4 Å². The van der Waals surface area contributed by atoms with Gasteiger partial charge in [0.25, 0.3) is 11.8 Å². The molecule has 1 aromatic rings.